The zero-order valence-corrected chi connectivity index (χ0v) is 11.3. The van der Waals surface area contributed by atoms with Crippen molar-refractivity contribution in [2.45, 2.75) is 19.8 Å². The number of nitrogens with zero attached hydrogens (tertiary/aromatic N) is 1. The van der Waals surface area contributed by atoms with Crippen LogP contribution in [0.3, 0.4) is 0 Å². The van der Waals surface area contributed by atoms with Gasteiger partial charge >= 0.3 is 15.6 Å². The molecule has 0 aliphatic heterocycles. The van der Waals surface area contributed by atoms with E-state index in [2.05, 4.69) is 8.46 Å². The van der Waals surface area contributed by atoms with Crippen LogP contribution in [-0.4, -0.2) is 25.3 Å². The second-order valence-electron chi connectivity index (χ2n) is 2.42. The molecule has 0 radical (unpaired) electrons. The van der Waals surface area contributed by atoms with Crippen LogP contribution in [0.4, 0.5) is 0 Å². The molecule has 0 rings (SSSR count). The first-order valence-electron chi connectivity index (χ1n) is 3.89. The minimum atomic E-state index is -4.92. The summed E-state index contributed by atoms with van der Waals surface area (Å²) in [7, 11) is -7.21. The van der Waals surface area contributed by atoms with Crippen LogP contribution in [0.15, 0.2) is 4.15 Å². The molecule has 0 saturated heterocycles. The van der Waals surface area contributed by atoms with Crippen molar-refractivity contribution in [3.8, 4) is 0 Å². The molecule has 4 N–H and O–H groups in total. The molecule has 0 fully saturated rings. The monoisotopic (exact) mass is 297 g/mol. The van der Waals surface area contributed by atoms with E-state index in [0.717, 1.165) is 29.6 Å². The Kier molecular flexibility index (Phi) is 7.79. The third kappa shape index (κ3) is 11.2. The Morgan fingerprint density at radius 3 is 2.40 bits per heavy atom. The molecule has 0 atom stereocenters. The summed E-state index contributed by atoms with van der Waals surface area (Å²) in [6, 6.07) is 0. The fourth-order valence-corrected chi connectivity index (χ4v) is 4.79. The Hall–Kier alpha value is 0.960. The number of rotatable bonds is 7. The van der Waals surface area contributed by atoms with Crippen molar-refractivity contribution in [2.75, 3.05) is 5.75 Å². The molecule has 0 aromatic rings. The van der Waals surface area contributed by atoms with Crippen LogP contribution in [0.1, 0.15) is 19.8 Å². The van der Waals surface area contributed by atoms with Crippen LogP contribution in [0.5, 0.6) is 0 Å². The highest BCUT2D eigenvalue weighted by Gasteiger charge is 2.26. The maximum absolute atomic E-state index is 10.3. The zero-order chi connectivity index (χ0) is 11.9. The average Bonchev–Trinajstić information content (AvgIpc) is 1.99. The van der Waals surface area contributed by atoms with Crippen molar-refractivity contribution in [1.29, 1.82) is 0 Å². The summed E-state index contributed by atoms with van der Waals surface area (Å²) in [6.07, 6.45) is 1.96. The minimum absolute atomic E-state index is 0.764. The van der Waals surface area contributed by atoms with Gasteiger partial charge in [0.15, 0.2) is 0 Å². The first kappa shape index (κ1) is 16.0. The van der Waals surface area contributed by atoms with Crippen LogP contribution in [0.25, 0.3) is 0 Å². The van der Waals surface area contributed by atoms with E-state index in [9.17, 15) is 4.57 Å². The maximum atomic E-state index is 10.3. The predicted molar refractivity (Wildman–Crippen MR) is 61.9 cm³/mol. The SMILES string of the molecule is CCCCSSN=P(O)(O)OP(=O)(O)O. The van der Waals surface area contributed by atoms with Crippen molar-refractivity contribution >= 4 is 37.3 Å². The van der Waals surface area contributed by atoms with E-state index in [1.165, 1.54) is 10.8 Å². The van der Waals surface area contributed by atoms with Crippen molar-refractivity contribution in [3.05, 3.63) is 0 Å². The molecule has 0 bridgehead atoms. The lowest BCUT2D eigenvalue weighted by Gasteiger charge is -2.10. The molecule has 0 aromatic heterocycles. The zero-order valence-electron chi connectivity index (χ0n) is 7.88. The van der Waals surface area contributed by atoms with Gasteiger partial charge in [-0.2, -0.15) is 0 Å². The van der Waals surface area contributed by atoms with Crippen LogP contribution in [-0.2, 0) is 8.88 Å². The van der Waals surface area contributed by atoms with Gasteiger partial charge in [0.2, 0.25) is 0 Å². The molecular weight excluding hydrogens is 284 g/mol. The third-order valence-electron chi connectivity index (χ3n) is 0.990. The van der Waals surface area contributed by atoms with E-state index in [4.69, 9.17) is 19.6 Å². The molecule has 0 heterocycles. The van der Waals surface area contributed by atoms with Gasteiger partial charge in [0, 0.05) is 16.7 Å². The molecule has 0 aliphatic rings. The Morgan fingerprint density at radius 1 is 1.33 bits per heavy atom. The first-order valence-corrected chi connectivity index (χ1v) is 9.26. The molecular formula is C4H13NO6P2S2. The lowest BCUT2D eigenvalue weighted by Crippen LogP contribution is -1.85. The summed E-state index contributed by atoms with van der Waals surface area (Å²) >= 11 is 0. The lowest BCUT2D eigenvalue weighted by molar-refractivity contribution is 0.255. The Bertz CT molecular complexity index is 274. The lowest BCUT2D eigenvalue weighted by atomic mass is 10.4. The van der Waals surface area contributed by atoms with Crippen LogP contribution in [0, 0.1) is 0 Å². The Labute approximate surface area is 95.7 Å². The molecule has 15 heavy (non-hydrogen) atoms. The van der Waals surface area contributed by atoms with E-state index in [0.29, 0.717) is 0 Å². The van der Waals surface area contributed by atoms with E-state index in [1.54, 1.807) is 0 Å². The number of unbranched alkanes of at least 4 members (excludes halogenated alkanes) is 1. The molecule has 0 saturated carbocycles. The highest BCUT2D eigenvalue weighted by Crippen LogP contribution is 2.58. The normalized spacial score (nSPS) is 12.9. The van der Waals surface area contributed by atoms with E-state index in [-0.39, 0.29) is 0 Å². The van der Waals surface area contributed by atoms with E-state index in [1.807, 2.05) is 6.92 Å². The summed E-state index contributed by atoms with van der Waals surface area (Å²) in [5.74, 6) is 0.764. The highest BCUT2D eigenvalue weighted by molar-refractivity contribution is 8.76. The Morgan fingerprint density at radius 2 is 1.93 bits per heavy atom. The van der Waals surface area contributed by atoms with Gasteiger partial charge in [0.05, 0.1) is 0 Å². The van der Waals surface area contributed by atoms with Crippen LogP contribution < -0.4 is 0 Å². The molecule has 0 amide bonds. The van der Waals surface area contributed by atoms with E-state index >= 15 is 0 Å². The summed E-state index contributed by atoms with van der Waals surface area (Å²) < 4.78 is 17.2. The van der Waals surface area contributed by atoms with Gasteiger partial charge in [-0.3, -0.25) is 0 Å². The van der Waals surface area contributed by atoms with Gasteiger partial charge < -0.3 is 19.6 Å². The Balaban J connectivity index is 3.99. The molecule has 11 heteroatoms. The minimum Gasteiger partial charge on any atom is -0.318 e. The summed E-state index contributed by atoms with van der Waals surface area (Å²) in [4.78, 5) is 34.5. The summed E-state index contributed by atoms with van der Waals surface area (Å²) in [5.41, 5.74) is 0. The van der Waals surface area contributed by atoms with Gasteiger partial charge in [-0.15, -0.1) is 4.15 Å². The van der Waals surface area contributed by atoms with Gasteiger partial charge in [-0.1, -0.05) is 24.1 Å². The number of hydrogen-bond acceptors (Lipinski definition) is 5. The topological polar surface area (TPSA) is 120 Å². The van der Waals surface area contributed by atoms with Crippen molar-refractivity contribution < 1.29 is 28.4 Å². The maximum Gasteiger partial charge on any atom is 0.477 e. The fraction of sp³-hybridized carbons (Fsp3) is 1.00. The van der Waals surface area contributed by atoms with Gasteiger partial charge in [0.1, 0.15) is 0 Å². The summed E-state index contributed by atoms with van der Waals surface area (Å²) in [6.45, 7) is 2.01. The van der Waals surface area contributed by atoms with Crippen molar-refractivity contribution in [3.63, 3.8) is 0 Å². The highest BCUT2D eigenvalue weighted by atomic mass is 33.1. The van der Waals surface area contributed by atoms with E-state index < -0.39 is 15.6 Å². The van der Waals surface area contributed by atoms with Crippen molar-refractivity contribution in [2.24, 2.45) is 4.15 Å². The molecule has 7 nitrogen and oxygen atoms in total. The number of phosphoric acid groups is 1. The summed E-state index contributed by atoms with van der Waals surface area (Å²) in [5, 5.41) is 0. The molecule has 0 aliphatic carbocycles. The van der Waals surface area contributed by atoms with Crippen molar-refractivity contribution in [1.82, 2.24) is 0 Å². The number of hydrogen-bond donors (Lipinski definition) is 4. The molecule has 0 aromatic carbocycles. The smallest absolute Gasteiger partial charge is 0.318 e. The van der Waals surface area contributed by atoms with Gasteiger partial charge in [-0.25, -0.2) is 8.88 Å². The average molecular weight is 297 g/mol. The second-order valence-corrected chi connectivity index (χ2v) is 7.68. The molecule has 92 valence electrons. The third-order valence-corrected chi connectivity index (χ3v) is 5.81. The quantitative estimate of drug-likeness (QED) is 0.244. The molecule has 0 unspecified atom stereocenters. The fourth-order valence-electron chi connectivity index (χ4n) is 0.465. The second kappa shape index (κ2) is 7.32. The standard InChI is InChI=1S/C4H13NO6P2S2/c1-2-3-4-14-15-5-12(6,7)11-13(8,9)10/h6-7H,2-4H2,1H3,(H2,8,9,10). The predicted octanol–water partition coefficient (Wildman–Crippen LogP) is 2.12. The largest absolute Gasteiger partial charge is 0.477 e. The van der Waals surface area contributed by atoms with Gasteiger partial charge in [0.25, 0.3) is 0 Å². The molecule has 0 spiro atoms. The van der Waals surface area contributed by atoms with Gasteiger partial charge in [-0.05, 0) is 6.42 Å². The van der Waals surface area contributed by atoms with Crippen LogP contribution in [0.2, 0.25) is 0 Å². The van der Waals surface area contributed by atoms with Crippen LogP contribution >= 0.6 is 37.3 Å². The first-order chi connectivity index (χ1) is 6.77.